The fourth-order valence-electron chi connectivity index (χ4n) is 11.5. The number of pyridine rings is 1. The van der Waals surface area contributed by atoms with Crippen LogP contribution in [0.2, 0.25) is 0 Å². The third kappa shape index (κ3) is 18.2. The van der Waals surface area contributed by atoms with Crippen molar-refractivity contribution in [1.82, 2.24) is 60.1 Å². The average Bonchev–Trinajstić information content (AvgIpc) is 1.00. The molecule has 0 saturated carbocycles. The number of nitrogens with one attached hydrogen (secondary N) is 7. The molecule has 7 N–H and O–H groups in total. The molecule has 0 spiro atoms. The number of halogens is 3. The highest BCUT2D eigenvalue weighted by atomic mass is 19.1. The van der Waals surface area contributed by atoms with Gasteiger partial charge in [0.25, 0.3) is 5.69 Å². The van der Waals surface area contributed by atoms with Gasteiger partial charge in [-0.05, 0) is 36.4 Å². The number of aromatic amines is 5. The molecule has 104 heavy (non-hydrogen) atoms. The lowest BCUT2D eigenvalue weighted by molar-refractivity contribution is -0.384. The monoisotopic (exact) mass is 1440 g/mol. The van der Waals surface area contributed by atoms with Crippen LogP contribution in [0.1, 0.15) is 28.5 Å². The molecule has 5 aliphatic heterocycles. The SMILES string of the molecule is CNC(=O)N(C)c1cc(F)c2c(c1)N(Cc1cnc[nH]1)CCO2.COC(=O)N(C)c1cc(F)c2c(c1)N(Cc1cnc[nH]1)CCO2.COC(=O)Nc1cc(F)c2c(c1)N(Cc1cnc[nH]1)CCO2.O=[N+]([O-])c1ccc2c(c1)N(CCc1cnc[nH]1)CCO2.c1cnc2c(c1)OCCN2Cc1cnc[nH]1. The van der Waals surface area contributed by atoms with Crippen molar-refractivity contribution in [1.29, 1.82) is 0 Å². The topological polar surface area (TPSA) is 362 Å². The standard InChI is InChI=1S/C15H18FN5O2.C15H17FN4O3.C14H15FN4O3.C13H14N4O3.C11H12N4O/c1-17-15(22)20(2)11-5-12(16)14-13(6-11)21(3-4-23-14)8-10-7-18-9-19-10;1-19(15(21)22-2)11-5-12(16)14-13(6-11)20(3-4-23-14)8-10-7-17-9-18-10;1-21-14(20)18-9-4-11(15)13-12(5-9)19(2-3-22-13)7-10-6-16-8-17-10;18-17(19)11-1-2-13-12(7-11)16(5-6-20-13)4-3-10-8-14-9-15-10;1-2-10-11(13-3-1)15(4-5-16-10)7-9-6-12-8-14-9/h5-7,9H,3-4,8H2,1-2H3,(H,17,22)(H,18,19);5-7,9H,3-4,8H2,1-2H3,(H,17,18);4-6,8H,2-3,7H2,1H3,(H,16,17)(H,18,20);1-2,7-9H,3-6H2,(H,14,15);1-3,6,8H,4-5,7H2,(H,12,14). The van der Waals surface area contributed by atoms with Crippen LogP contribution in [0.25, 0.3) is 0 Å². The smallest absolute Gasteiger partial charge is 0.413 e. The Morgan fingerprint density at radius 1 is 0.548 bits per heavy atom. The maximum absolute atomic E-state index is 14.4. The second-order valence-corrected chi connectivity index (χ2v) is 23.4. The van der Waals surface area contributed by atoms with Crippen molar-refractivity contribution in [2.75, 3.05) is 147 Å². The third-order valence-electron chi connectivity index (χ3n) is 16.7. The molecule has 15 rings (SSSR count). The Balaban J connectivity index is 0.000000131. The van der Waals surface area contributed by atoms with E-state index in [1.165, 1.54) is 62.4 Å². The number of non-ortho nitro benzene ring substituents is 1. The third-order valence-corrected chi connectivity index (χ3v) is 16.7. The van der Waals surface area contributed by atoms with Crippen LogP contribution in [0.5, 0.6) is 28.7 Å². The number of amides is 4. The van der Waals surface area contributed by atoms with Crippen LogP contribution < -0.4 is 68.6 Å². The zero-order chi connectivity index (χ0) is 73.1. The van der Waals surface area contributed by atoms with Gasteiger partial charge in [0.05, 0.1) is 167 Å². The first kappa shape index (κ1) is 72.3. The van der Waals surface area contributed by atoms with Crippen molar-refractivity contribution in [3.8, 4) is 28.7 Å². The summed E-state index contributed by atoms with van der Waals surface area (Å²) in [7, 11) is 7.17. The van der Waals surface area contributed by atoms with E-state index in [4.69, 9.17) is 23.7 Å². The molecule has 546 valence electrons. The number of benzene rings is 4. The van der Waals surface area contributed by atoms with E-state index in [1.807, 2.05) is 33.0 Å². The summed E-state index contributed by atoms with van der Waals surface area (Å²) in [6.45, 7) is 9.08. The van der Waals surface area contributed by atoms with Gasteiger partial charge < -0.3 is 87.9 Å². The minimum atomic E-state index is -0.656. The predicted octanol–water partition coefficient (Wildman–Crippen LogP) is 8.96. The molecule has 33 nitrogen and oxygen atoms in total. The number of aromatic nitrogens is 11. The fourth-order valence-corrected chi connectivity index (χ4v) is 11.5. The number of carbonyl (C=O) groups is 3. The first-order chi connectivity index (χ1) is 50.5. The lowest BCUT2D eigenvalue weighted by Gasteiger charge is -2.32. The van der Waals surface area contributed by atoms with Gasteiger partial charge >= 0.3 is 18.2 Å². The van der Waals surface area contributed by atoms with Crippen molar-refractivity contribution in [2.24, 2.45) is 0 Å². The van der Waals surface area contributed by atoms with Crippen molar-refractivity contribution in [3.63, 3.8) is 0 Å². The number of nitro groups is 1. The van der Waals surface area contributed by atoms with Crippen LogP contribution in [-0.4, -0.2) is 186 Å². The van der Waals surface area contributed by atoms with E-state index in [9.17, 15) is 37.7 Å². The van der Waals surface area contributed by atoms with Crippen LogP contribution in [0, 0.1) is 27.6 Å². The first-order valence-electron chi connectivity index (χ1n) is 32.7. The van der Waals surface area contributed by atoms with Crippen LogP contribution >= 0.6 is 0 Å². The van der Waals surface area contributed by atoms with E-state index >= 15 is 0 Å². The van der Waals surface area contributed by atoms with Crippen LogP contribution in [-0.2, 0) is 42.1 Å². The summed E-state index contributed by atoms with van der Waals surface area (Å²) in [5.74, 6) is 1.52. The first-order valence-corrected chi connectivity index (χ1v) is 32.7. The number of rotatable bonds is 15. The molecule has 0 atom stereocenters. The molecule has 6 aromatic heterocycles. The number of hydrogen-bond donors (Lipinski definition) is 7. The minimum Gasteiger partial charge on any atom is -0.490 e. The summed E-state index contributed by atoms with van der Waals surface area (Å²) in [6, 6.07) is 17.1. The molecule has 0 saturated heterocycles. The highest BCUT2D eigenvalue weighted by Gasteiger charge is 2.29. The second kappa shape index (κ2) is 34.4. The molecule has 0 radical (unpaired) electrons. The molecule has 5 aliphatic rings. The molecular formula is C68H76F3N21O12. The highest BCUT2D eigenvalue weighted by molar-refractivity contribution is 5.92. The molecule has 0 bridgehead atoms. The van der Waals surface area contributed by atoms with E-state index in [-0.39, 0.29) is 33.9 Å². The summed E-state index contributed by atoms with van der Waals surface area (Å²) in [5, 5.41) is 15.8. The van der Waals surface area contributed by atoms with Gasteiger partial charge in [-0.3, -0.25) is 25.2 Å². The number of imidazole rings is 5. The van der Waals surface area contributed by atoms with Gasteiger partial charge in [-0.2, -0.15) is 0 Å². The predicted molar refractivity (Wildman–Crippen MR) is 377 cm³/mol. The molecule has 4 aromatic carbocycles. The van der Waals surface area contributed by atoms with Crippen molar-refractivity contribution < 1.29 is 65.6 Å². The van der Waals surface area contributed by atoms with E-state index in [0.29, 0.717) is 112 Å². The number of fused-ring (bicyclic) bond motifs is 5. The highest BCUT2D eigenvalue weighted by Crippen LogP contribution is 2.42. The minimum absolute atomic E-state index is 0.0841. The van der Waals surface area contributed by atoms with Gasteiger partial charge in [-0.25, -0.2) is 57.5 Å². The maximum atomic E-state index is 14.4. The molecule has 10 aromatic rings. The zero-order valence-corrected chi connectivity index (χ0v) is 57.3. The Hall–Kier alpha value is -12.9. The number of anilines is 8. The number of hydrogen-bond acceptors (Lipinski definition) is 23. The fraction of sp³-hybridized carbons (Fsp3) is 0.309. The lowest BCUT2D eigenvalue weighted by Crippen LogP contribution is -2.36. The average molecular weight is 1440 g/mol. The second-order valence-electron chi connectivity index (χ2n) is 23.4. The van der Waals surface area contributed by atoms with E-state index < -0.39 is 29.6 Å². The van der Waals surface area contributed by atoms with Crippen LogP contribution in [0.15, 0.2) is 136 Å². The summed E-state index contributed by atoms with van der Waals surface area (Å²) < 4.78 is 79.5. The van der Waals surface area contributed by atoms with E-state index in [1.54, 1.807) is 100 Å². The van der Waals surface area contributed by atoms with Crippen molar-refractivity contribution in [2.45, 2.75) is 32.6 Å². The molecule has 0 aliphatic carbocycles. The van der Waals surface area contributed by atoms with Crippen molar-refractivity contribution >= 4 is 69.5 Å². The lowest BCUT2D eigenvalue weighted by atomic mass is 10.2. The summed E-state index contributed by atoms with van der Waals surface area (Å²) in [6.07, 6.45) is 18.3. The Kier molecular flexibility index (Phi) is 23.9. The molecule has 0 fully saturated rings. The largest absolute Gasteiger partial charge is 0.490 e. The number of methoxy groups -OCH3 is 2. The molecule has 11 heterocycles. The molecule has 36 heteroatoms. The number of carbonyl (C=O) groups excluding carboxylic acids is 3. The Morgan fingerprint density at radius 3 is 1.48 bits per heavy atom. The van der Waals surface area contributed by atoms with Crippen molar-refractivity contribution in [3.05, 3.63) is 192 Å². The summed E-state index contributed by atoms with van der Waals surface area (Å²) in [4.78, 5) is 97.5. The van der Waals surface area contributed by atoms with E-state index in [2.05, 4.69) is 84.7 Å². The van der Waals surface area contributed by atoms with Gasteiger partial charge in [-0.1, -0.05) is 0 Å². The number of H-pyrrole nitrogens is 5. The molecule has 4 amide bonds. The number of ether oxygens (including phenoxy) is 7. The van der Waals surface area contributed by atoms with E-state index in [0.717, 1.165) is 78.3 Å². The number of nitro benzene ring substituents is 1. The van der Waals surface area contributed by atoms with Gasteiger partial charge in [0, 0.05) is 113 Å². The van der Waals surface area contributed by atoms with Gasteiger partial charge in [-0.15, -0.1) is 0 Å². The number of nitrogens with zero attached hydrogens (tertiary/aromatic N) is 14. The Bertz CT molecular complexity index is 4340. The summed E-state index contributed by atoms with van der Waals surface area (Å²) in [5.41, 5.74) is 8.68. The van der Waals surface area contributed by atoms with Crippen LogP contribution in [0.3, 0.4) is 0 Å². The van der Waals surface area contributed by atoms with Gasteiger partial charge in [0.15, 0.2) is 46.3 Å². The maximum Gasteiger partial charge on any atom is 0.413 e. The van der Waals surface area contributed by atoms with Gasteiger partial charge in [0.2, 0.25) is 0 Å². The normalized spacial score (nSPS) is 13.5. The summed E-state index contributed by atoms with van der Waals surface area (Å²) >= 11 is 0. The zero-order valence-electron chi connectivity index (χ0n) is 57.3. The van der Waals surface area contributed by atoms with Crippen LogP contribution in [0.4, 0.5) is 78.9 Å². The Labute approximate surface area is 593 Å². The number of urea groups is 1. The quantitative estimate of drug-likeness (QED) is 0.0372. The molecule has 0 unspecified atom stereocenters. The van der Waals surface area contributed by atoms with Gasteiger partial charge in [0.1, 0.15) is 38.8 Å². The Morgan fingerprint density at radius 2 is 1.00 bits per heavy atom. The molecular weight excluding hydrogens is 1360 g/mol.